The number of benzene rings is 1. The number of nitrogens with one attached hydrogen (secondary N) is 2. The number of amides is 2. The zero-order valence-corrected chi connectivity index (χ0v) is 11.7. The van der Waals surface area contributed by atoms with Crippen molar-refractivity contribution in [3.63, 3.8) is 0 Å². The average Bonchev–Trinajstić information content (AvgIpc) is 2.31. The molecule has 98 valence electrons. The van der Waals surface area contributed by atoms with Crippen molar-refractivity contribution in [2.24, 2.45) is 0 Å². The summed E-state index contributed by atoms with van der Waals surface area (Å²) in [7, 11) is 0. The van der Waals surface area contributed by atoms with E-state index in [4.69, 9.17) is 5.11 Å². The number of carbonyl (C=O) groups excluding carboxylic acids is 1. The molecule has 0 bridgehead atoms. The number of anilines is 1. The summed E-state index contributed by atoms with van der Waals surface area (Å²) >= 11 is 3.28. The van der Waals surface area contributed by atoms with Crippen LogP contribution in [0.15, 0.2) is 28.7 Å². The third kappa shape index (κ3) is 3.73. The summed E-state index contributed by atoms with van der Waals surface area (Å²) in [5.74, 6) is -1.06. The van der Waals surface area contributed by atoms with E-state index in [-0.39, 0.29) is 0 Å². The van der Waals surface area contributed by atoms with Gasteiger partial charge in [-0.2, -0.15) is 0 Å². The topological polar surface area (TPSA) is 78.4 Å². The number of rotatable bonds is 4. The number of urea groups is 1. The van der Waals surface area contributed by atoms with Crippen LogP contribution < -0.4 is 10.6 Å². The summed E-state index contributed by atoms with van der Waals surface area (Å²) < 4.78 is 0.900. The molecule has 1 atom stereocenters. The summed E-state index contributed by atoms with van der Waals surface area (Å²) in [6.45, 7) is 3.17. The van der Waals surface area contributed by atoms with Crippen molar-refractivity contribution in [2.45, 2.75) is 25.8 Å². The van der Waals surface area contributed by atoms with Crippen molar-refractivity contribution < 1.29 is 14.7 Å². The molecule has 0 fully saturated rings. The van der Waals surface area contributed by atoms with Gasteiger partial charge in [-0.25, -0.2) is 9.59 Å². The van der Waals surface area contributed by atoms with Crippen LogP contribution in [0.2, 0.25) is 0 Å². The van der Waals surface area contributed by atoms with Gasteiger partial charge in [-0.15, -0.1) is 0 Å². The molecule has 1 rings (SSSR count). The molecule has 2 amide bonds. The highest BCUT2D eigenvalue weighted by atomic mass is 79.9. The summed E-state index contributed by atoms with van der Waals surface area (Å²) in [6, 6.07) is 6.46. The van der Waals surface area contributed by atoms with Crippen LogP contribution >= 0.6 is 15.9 Å². The smallest absolute Gasteiger partial charge is 0.329 e. The van der Waals surface area contributed by atoms with Crippen LogP contribution in [0.1, 0.15) is 20.3 Å². The van der Waals surface area contributed by atoms with E-state index in [0.717, 1.165) is 4.47 Å². The van der Waals surface area contributed by atoms with Gasteiger partial charge in [-0.05, 0) is 37.6 Å². The quantitative estimate of drug-likeness (QED) is 0.799. The first kappa shape index (κ1) is 14.5. The van der Waals surface area contributed by atoms with Gasteiger partial charge in [0.05, 0.1) is 0 Å². The van der Waals surface area contributed by atoms with Gasteiger partial charge < -0.3 is 15.7 Å². The average molecular weight is 315 g/mol. The van der Waals surface area contributed by atoms with Crippen LogP contribution in [0.3, 0.4) is 0 Å². The molecular formula is C12H15BrN2O3. The molecule has 0 spiro atoms. The summed E-state index contributed by atoms with van der Waals surface area (Å²) in [5.41, 5.74) is -0.668. The van der Waals surface area contributed by atoms with Crippen LogP contribution in [-0.2, 0) is 4.79 Å². The van der Waals surface area contributed by atoms with Gasteiger partial charge in [-0.3, -0.25) is 0 Å². The van der Waals surface area contributed by atoms with Gasteiger partial charge >= 0.3 is 12.0 Å². The first-order valence-corrected chi connectivity index (χ1v) is 6.25. The van der Waals surface area contributed by atoms with Crippen LogP contribution in [0.4, 0.5) is 10.5 Å². The predicted octanol–water partition coefficient (Wildman–Crippen LogP) is 2.82. The monoisotopic (exact) mass is 314 g/mol. The van der Waals surface area contributed by atoms with Crippen molar-refractivity contribution >= 4 is 33.6 Å². The SMILES string of the molecule is CC[C@@](C)(NC(=O)Nc1ccc(Br)cc1)C(=O)O. The molecule has 0 unspecified atom stereocenters. The van der Waals surface area contributed by atoms with E-state index in [1.54, 1.807) is 31.2 Å². The molecule has 0 aliphatic rings. The Balaban J connectivity index is 2.66. The second-order valence-corrected chi connectivity index (χ2v) is 4.99. The molecule has 0 saturated heterocycles. The number of carboxylic acids is 1. The van der Waals surface area contributed by atoms with Gasteiger partial charge in [0.25, 0.3) is 0 Å². The molecule has 0 aromatic heterocycles. The highest BCUT2D eigenvalue weighted by molar-refractivity contribution is 9.10. The predicted molar refractivity (Wildman–Crippen MR) is 72.6 cm³/mol. The number of carbonyl (C=O) groups is 2. The van der Waals surface area contributed by atoms with E-state index in [2.05, 4.69) is 26.6 Å². The van der Waals surface area contributed by atoms with E-state index >= 15 is 0 Å². The molecule has 6 heteroatoms. The highest BCUT2D eigenvalue weighted by Gasteiger charge is 2.32. The Labute approximate surface area is 114 Å². The first-order chi connectivity index (χ1) is 8.37. The van der Waals surface area contributed by atoms with E-state index in [9.17, 15) is 9.59 Å². The molecule has 0 heterocycles. The fourth-order valence-corrected chi connectivity index (χ4v) is 1.50. The zero-order chi connectivity index (χ0) is 13.8. The van der Waals surface area contributed by atoms with Gasteiger partial charge in [0, 0.05) is 10.2 Å². The maximum absolute atomic E-state index is 11.7. The standard InChI is InChI=1S/C12H15BrN2O3/c1-3-12(2,10(16)17)15-11(18)14-9-6-4-8(13)5-7-9/h4-7H,3H2,1-2H3,(H,16,17)(H2,14,15,18)/t12-/m1/s1. The highest BCUT2D eigenvalue weighted by Crippen LogP contribution is 2.15. The molecular weight excluding hydrogens is 300 g/mol. The van der Waals surface area contributed by atoms with Gasteiger partial charge in [0.2, 0.25) is 0 Å². The minimum absolute atomic E-state index is 0.302. The van der Waals surface area contributed by atoms with Crippen LogP contribution in [0.25, 0.3) is 0 Å². The lowest BCUT2D eigenvalue weighted by molar-refractivity contribution is -0.143. The number of carboxylic acid groups (broad SMARTS) is 1. The third-order valence-electron chi connectivity index (χ3n) is 2.67. The number of hydrogen-bond donors (Lipinski definition) is 3. The normalized spacial score (nSPS) is 13.5. The lowest BCUT2D eigenvalue weighted by atomic mass is 10.00. The zero-order valence-electron chi connectivity index (χ0n) is 10.2. The van der Waals surface area contributed by atoms with Gasteiger partial charge in [0.1, 0.15) is 5.54 Å². The third-order valence-corrected chi connectivity index (χ3v) is 3.20. The Kier molecular flexibility index (Phi) is 4.72. The molecule has 3 N–H and O–H groups in total. The van der Waals surface area contributed by atoms with Crippen molar-refractivity contribution in [2.75, 3.05) is 5.32 Å². The Bertz CT molecular complexity index is 447. The summed E-state index contributed by atoms with van der Waals surface area (Å²) in [4.78, 5) is 22.7. The van der Waals surface area contributed by atoms with Crippen molar-refractivity contribution in [3.05, 3.63) is 28.7 Å². The van der Waals surface area contributed by atoms with Crippen LogP contribution in [-0.4, -0.2) is 22.6 Å². The molecule has 0 saturated carbocycles. The fraction of sp³-hybridized carbons (Fsp3) is 0.333. The molecule has 0 radical (unpaired) electrons. The van der Waals surface area contributed by atoms with Crippen molar-refractivity contribution in [1.29, 1.82) is 0 Å². The van der Waals surface area contributed by atoms with Gasteiger partial charge in [-0.1, -0.05) is 22.9 Å². The lowest BCUT2D eigenvalue weighted by Crippen LogP contribution is -2.53. The fourth-order valence-electron chi connectivity index (χ4n) is 1.24. The van der Waals surface area contributed by atoms with Gasteiger partial charge in [0.15, 0.2) is 0 Å². The maximum atomic E-state index is 11.7. The molecule has 1 aromatic rings. The Hall–Kier alpha value is -1.56. The summed E-state index contributed by atoms with van der Waals surface area (Å²) in [6.07, 6.45) is 0.302. The molecule has 1 aromatic carbocycles. The largest absolute Gasteiger partial charge is 0.480 e. The van der Waals surface area contributed by atoms with Crippen LogP contribution in [0, 0.1) is 0 Å². The van der Waals surface area contributed by atoms with E-state index in [1.807, 2.05) is 0 Å². The van der Waals surface area contributed by atoms with E-state index in [1.165, 1.54) is 6.92 Å². The second kappa shape index (κ2) is 5.86. The lowest BCUT2D eigenvalue weighted by Gasteiger charge is -2.24. The number of aliphatic carboxylic acids is 1. The maximum Gasteiger partial charge on any atom is 0.329 e. The number of halogens is 1. The van der Waals surface area contributed by atoms with Crippen molar-refractivity contribution in [3.8, 4) is 0 Å². The van der Waals surface area contributed by atoms with Crippen LogP contribution in [0.5, 0.6) is 0 Å². The molecule has 5 nitrogen and oxygen atoms in total. The minimum atomic E-state index is -1.26. The Morgan fingerprint density at radius 1 is 1.33 bits per heavy atom. The Morgan fingerprint density at radius 3 is 2.33 bits per heavy atom. The number of hydrogen-bond acceptors (Lipinski definition) is 2. The summed E-state index contributed by atoms with van der Waals surface area (Å²) in [5, 5.41) is 14.1. The molecule has 18 heavy (non-hydrogen) atoms. The molecule has 0 aliphatic heterocycles. The first-order valence-electron chi connectivity index (χ1n) is 5.45. The molecule has 0 aliphatic carbocycles. The Morgan fingerprint density at radius 2 is 1.89 bits per heavy atom. The van der Waals surface area contributed by atoms with Crippen molar-refractivity contribution in [1.82, 2.24) is 5.32 Å². The van der Waals surface area contributed by atoms with E-state index < -0.39 is 17.5 Å². The second-order valence-electron chi connectivity index (χ2n) is 4.08. The minimum Gasteiger partial charge on any atom is -0.480 e. The van der Waals surface area contributed by atoms with E-state index in [0.29, 0.717) is 12.1 Å².